The smallest absolute Gasteiger partial charge is 0.376 e. The molecule has 0 aliphatic heterocycles. The van der Waals surface area contributed by atoms with E-state index in [1.54, 1.807) is 19.1 Å². The average molecular weight is 285 g/mol. The minimum absolute atomic E-state index is 0.0553. The van der Waals surface area contributed by atoms with Gasteiger partial charge in [-0.2, -0.15) is 0 Å². The highest BCUT2D eigenvalue weighted by molar-refractivity contribution is 5.87. The normalized spacial score (nSPS) is 11.0. The number of carbonyl (C=O) groups excluding carboxylic acids is 1. The van der Waals surface area contributed by atoms with Crippen LogP contribution in [0.5, 0.6) is 0 Å². The van der Waals surface area contributed by atoms with Gasteiger partial charge in [0.2, 0.25) is 5.76 Å². The van der Waals surface area contributed by atoms with Crippen LogP contribution < -0.4 is 0 Å². The zero-order chi connectivity index (χ0) is 14.5. The van der Waals surface area contributed by atoms with E-state index >= 15 is 0 Å². The molecule has 2 aromatic rings. The molecule has 0 saturated heterocycles. The van der Waals surface area contributed by atoms with Crippen molar-refractivity contribution in [2.45, 2.75) is 26.2 Å². The molecule has 0 atom stereocenters. The molecule has 108 valence electrons. The number of esters is 1. The lowest BCUT2D eigenvalue weighted by atomic mass is 10.2. The molecule has 0 unspecified atom stereocenters. The fourth-order valence-corrected chi connectivity index (χ4v) is 1.66. The number of rotatable bonds is 6. The molecule has 2 rings (SSSR count). The number of ether oxygens (including phenoxy) is 1. The van der Waals surface area contributed by atoms with Crippen molar-refractivity contribution in [1.29, 1.82) is 0 Å². The number of halogens is 2. The second-order valence-corrected chi connectivity index (χ2v) is 3.92. The molecule has 0 N–H and O–H groups in total. The van der Waals surface area contributed by atoms with Crippen LogP contribution in [0.15, 0.2) is 27.2 Å². The Balaban J connectivity index is 2.14. The molecule has 2 aromatic heterocycles. The predicted octanol–water partition coefficient (Wildman–Crippen LogP) is 3.17. The molecule has 0 aromatic carbocycles. The Labute approximate surface area is 113 Å². The summed E-state index contributed by atoms with van der Waals surface area (Å²) in [6.07, 6.45) is -0.680. The second-order valence-electron chi connectivity index (χ2n) is 3.92. The Morgan fingerprint density at radius 3 is 2.85 bits per heavy atom. The SMILES string of the molecule is CCOC(=O)c1oc(CCc2ccco2)nc1C(F)F. The maximum absolute atomic E-state index is 12.8. The maximum Gasteiger partial charge on any atom is 0.376 e. The van der Waals surface area contributed by atoms with Gasteiger partial charge in [-0.3, -0.25) is 0 Å². The van der Waals surface area contributed by atoms with Crippen LogP contribution in [0.3, 0.4) is 0 Å². The maximum atomic E-state index is 12.8. The topological polar surface area (TPSA) is 65.5 Å². The molecule has 0 bridgehead atoms. The largest absolute Gasteiger partial charge is 0.469 e. The van der Waals surface area contributed by atoms with E-state index in [4.69, 9.17) is 8.83 Å². The minimum Gasteiger partial charge on any atom is -0.469 e. The van der Waals surface area contributed by atoms with E-state index in [9.17, 15) is 13.6 Å². The summed E-state index contributed by atoms with van der Waals surface area (Å²) < 4.78 is 40.5. The molecular formula is C13H13F2NO4. The van der Waals surface area contributed by atoms with Crippen molar-refractivity contribution in [3.8, 4) is 0 Å². The minimum atomic E-state index is -2.89. The summed E-state index contributed by atoms with van der Waals surface area (Å²) in [5, 5.41) is 0. The van der Waals surface area contributed by atoms with Crippen molar-refractivity contribution in [2.24, 2.45) is 0 Å². The molecule has 0 saturated carbocycles. The molecule has 0 radical (unpaired) electrons. The molecule has 20 heavy (non-hydrogen) atoms. The summed E-state index contributed by atoms with van der Waals surface area (Å²) in [6, 6.07) is 3.47. The van der Waals surface area contributed by atoms with E-state index in [1.165, 1.54) is 6.26 Å². The van der Waals surface area contributed by atoms with Gasteiger partial charge in [0.25, 0.3) is 6.43 Å². The fraction of sp³-hybridized carbons (Fsp3) is 0.385. The summed E-state index contributed by atoms with van der Waals surface area (Å²) in [5.74, 6) is -0.727. The fourth-order valence-electron chi connectivity index (χ4n) is 1.66. The molecule has 2 heterocycles. The summed E-state index contributed by atoms with van der Waals surface area (Å²) in [7, 11) is 0. The summed E-state index contributed by atoms with van der Waals surface area (Å²) in [4.78, 5) is 15.2. The third-order valence-electron chi connectivity index (χ3n) is 2.53. The average Bonchev–Trinajstić information content (AvgIpc) is 3.06. The van der Waals surface area contributed by atoms with Crippen LogP contribution in [-0.4, -0.2) is 17.6 Å². The lowest BCUT2D eigenvalue weighted by Gasteiger charge is -1.99. The number of aryl methyl sites for hydroxylation is 2. The quantitative estimate of drug-likeness (QED) is 0.763. The number of hydrogen-bond acceptors (Lipinski definition) is 5. The van der Waals surface area contributed by atoms with E-state index in [2.05, 4.69) is 9.72 Å². The van der Waals surface area contributed by atoms with Crippen LogP contribution in [0.2, 0.25) is 0 Å². The van der Waals surface area contributed by atoms with Gasteiger partial charge in [-0.1, -0.05) is 0 Å². The Morgan fingerprint density at radius 1 is 1.45 bits per heavy atom. The van der Waals surface area contributed by atoms with Crippen LogP contribution in [0.25, 0.3) is 0 Å². The third kappa shape index (κ3) is 3.23. The van der Waals surface area contributed by atoms with Crippen LogP contribution in [-0.2, 0) is 17.6 Å². The first-order valence-corrected chi connectivity index (χ1v) is 6.09. The number of oxazole rings is 1. The van der Waals surface area contributed by atoms with Crippen molar-refractivity contribution in [2.75, 3.05) is 6.61 Å². The zero-order valence-electron chi connectivity index (χ0n) is 10.8. The van der Waals surface area contributed by atoms with Crippen molar-refractivity contribution >= 4 is 5.97 Å². The summed E-state index contributed by atoms with van der Waals surface area (Å²) in [6.45, 7) is 1.65. The molecule has 0 amide bonds. The van der Waals surface area contributed by atoms with Crippen LogP contribution in [0.4, 0.5) is 8.78 Å². The first kappa shape index (κ1) is 14.2. The highest BCUT2D eigenvalue weighted by atomic mass is 19.3. The predicted molar refractivity (Wildman–Crippen MR) is 63.5 cm³/mol. The van der Waals surface area contributed by atoms with Gasteiger partial charge in [-0.25, -0.2) is 18.6 Å². The molecule has 5 nitrogen and oxygen atoms in total. The first-order valence-electron chi connectivity index (χ1n) is 6.09. The Kier molecular flexibility index (Phi) is 4.49. The molecule has 0 aliphatic carbocycles. The molecular weight excluding hydrogens is 272 g/mol. The second kappa shape index (κ2) is 6.31. The molecule has 7 heteroatoms. The zero-order valence-corrected chi connectivity index (χ0v) is 10.8. The summed E-state index contributed by atoms with van der Waals surface area (Å²) in [5.41, 5.74) is -0.683. The van der Waals surface area contributed by atoms with E-state index in [0.29, 0.717) is 12.2 Å². The van der Waals surface area contributed by atoms with Crippen LogP contribution in [0.1, 0.15) is 41.2 Å². The number of carbonyl (C=O) groups is 1. The Morgan fingerprint density at radius 2 is 2.25 bits per heavy atom. The first-order chi connectivity index (χ1) is 9.61. The molecule has 0 aliphatic rings. The van der Waals surface area contributed by atoms with Gasteiger partial charge in [0.15, 0.2) is 11.6 Å². The van der Waals surface area contributed by atoms with E-state index in [1.807, 2.05) is 0 Å². The van der Waals surface area contributed by atoms with E-state index < -0.39 is 23.8 Å². The number of hydrogen-bond donors (Lipinski definition) is 0. The lowest BCUT2D eigenvalue weighted by Crippen LogP contribution is -2.06. The van der Waals surface area contributed by atoms with Crippen molar-refractivity contribution in [3.05, 3.63) is 41.5 Å². The Hall–Kier alpha value is -2.18. The summed E-state index contributed by atoms with van der Waals surface area (Å²) >= 11 is 0. The standard InChI is InChI=1S/C13H13F2NO4/c1-2-18-13(17)11-10(12(14)15)16-9(20-11)6-5-8-4-3-7-19-8/h3-4,7,12H,2,5-6H2,1H3. The van der Waals surface area contributed by atoms with E-state index in [-0.39, 0.29) is 18.9 Å². The molecule has 0 fully saturated rings. The van der Waals surface area contributed by atoms with Crippen LogP contribution >= 0.6 is 0 Å². The van der Waals surface area contributed by atoms with Gasteiger partial charge in [0, 0.05) is 12.8 Å². The van der Waals surface area contributed by atoms with Crippen molar-refractivity contribution in [1.82, 2.24) is 4.98 Å². The number of alkyl halides is 2. The van der Waals surface area contributed by atoms with Crippen molar-refractivity contribution < 1.29 is 27.1 Å². The van der Waals surface area contributed by atoms with E-state index in [0.717, 1.165) is 0 Å². The molecule has 0 spiro atoms. The lowest BCUT2D eigenvalue weighted by molar-refractivity contribution is 0.0474. The van der Waals surface area contributed by atoms with Gasteiger partial charge in [0.1, 0.15) is 5.76 Å². The van der Waals surface area contributed by atoms with Crippen molar-refractivity contribution in [3.63, 3.8) is 0 Å². The van der Waals surface area contributed by atoms with Crippen LogP contribution in [0, 0.1) is 0 Å². The van der Waals surface area contributed by atoms with Gasteiger partial charge in [0.05, 0.1) is 12.9 Å². The highest BCUT2D eigenvalue weighted by Gasteiger charge is 2.27. The Bertz CT molecular complexity index is 563. The monoisotopic (exact) mass is 285 g/mol. The number of nitrogens with zero attached hydrogens (tertiary/aromatic N) is 1. The van der Waals surface area contributed by atoms with Gasteiger partial charge >= 0.3 is 5.97 Å². The van der Waals surface area contributed by atoms with Gasteiger partial charge in [-0.15, -0.1) is 0 Å². The van der Waals surface area contributed by atoms with Gasteiger partial charge in [-0.05, 0) is 19.1 Å². The van der Waals surface area contributed by atoms with Gasteiger partial charge < -0.3 is 13.6 Å². The highest BCUT2D eigenvalue weighted by Crippen LogP contribution is 2.24. The number of furan rings is 1. The third-order valence-corrected chi connectivity index (χ3v) is 2.53. The number of aromatic nitrogens is 1.